The Morgan fingerprint density at radius 2 is 1.89 bits per heavy atom. The summed E-state index contributed by atoms with van der Waals surface area (Å²) >= 11 is 0. The fourth-order valence-electron chi connectivity index (χ4n) is 0.436. The summed E-state index contributed by atoms with van der Waals surface area (Å²) in [5.74, 6) is 0. The molecule has 0 spiro atoms. The first-order chi connectivity index (χ1) is 4.39. The predicted molar refractivity (Wildman–Crippen MR) is 40.5 cm³/mol. The van der Waals surface area contributed by atoms with E-state index in [4.69, 9.17) is 0 Å². The van der Waals surface area contributed by atoms with Crippen molar-refractivity contribution in [1.29, 1.82) is 0 Å². The summed E-state index contributed by atoms with van der Waals surface area (Å²) in [6.07, 6.45) is 5.60. The second-order valence-corrected chi connectivity index (χ2v) is 1.47. The third kappa shape index (κ3) is 3.64. The van der Waals surface area contributed by atoms with Crippen molar-refractivity contribution < 1.29 is 0 Å². The van der Waals surface area contributed by atoms with Gasteiger partial charge < -0.3 is 10.6 Å². The van der Waals surface area contributed by atoms with Gasteiger partial charge in [-0.1, -0.05) is 13.8 Å². The molecule has 0 amide bonds. The van der Waals surface area contributed by atoms with Gasteiger partial charge in [0.05, 0.1) is 0 Å². The Balaban J connectivity index is 0.000000291. The molecule has 0 bridgehead atoms. The highest BCUT2D eigenvalue weighted by Crippen LogP contribution is 1.86. The Morgan fingerprint density at radius 3 is 2.11 bits per heavy atom. The standard InChI is InChI=1S/C5H8N2.C2H6/c1-5-4-6-2-3-7-5;1-2/h2-4,6-7H,1H3;1-2H3. The molecule has 1 heterocycles. The molecule has 0 aromatic heterocycles. The van der Waals surface area contributed by atoms with Gasteiger partial charge in [-0.2, -0.15) is 0 Å². The van der Waals surface area contributed by atoms with Crippen molar-refractivity contribution in [1.82, 2.24) is 10.6 Å². The Hall–Kier alpha value is -0.920. The van der Waals surface area contributed by atoms with Crippen LogP contribution in [0.1, 0.15) is 20.8 Å². The minimum absolute atomic E-state index is 1.14. The molecule has 0 aliphatic carbocycles. The molecule has 0 unspecified atom stereocenters. The summed E-state index contributed by atoms with van der Waals surface area (Å²) < 4.78 is 0. The number of hydrogen-bond acceptors (Lipinski definition) is 2. The van der Waals surface area contributed by atoms with E-state index in [0.717, 1.165) is 5.70 Å². The molecule has 0 radical (unpaired) electrons. The molecule has 0 aromatic carbocycles. The number of nitrogens with one attached hydrogen (secondary N) is 2. The summed E-state index contributed by atoms with van der Waals surface area (Å²) in [4.78, 5) is 0. The van der Waals surface area contributed by atoms with Crippen LogP contribution in [0.3, 0.4) is 0 Å². The zero-order valence-electron chi connectivity index (χ0n) is 6.23. The first-order valence-corrected chi connectivity index (χ1v) is 3.24. The molecular formula is C7H14N2. The SMILES string of the molecule is CC.CC1=CNC=CN1. The maximum absolute atomic E-state index is 3.00. The van der Waals surface area contributed by atoms with Crippen LogP contribution >= 0.6 is 0 Å². The van der Waals surface area contributed by atoms with Crippen molar-refractivity contribution in [3.8, 4) is 0 Å². The first-order valence-electron chi connectivity index (χ1n) is 3.24. The van der Waals surface area contributed by atoms with Gasteiger partial charge in [0.25, 0.3) is 0 Å². The fourth-order valence-corrected chi connectivity index (χ4v) is 0.436. The van der Waals surface area contributed by atoms with Crippen molar-refractivity contribution >= 4 is 0 Å². The Labute approximate surface area is 56.6 Å². The van der Waals surface area contributed by atoms with Crippen LogP contribution in [-0.4, -0.2) is 0 Å². The van der Waals surface area contributed by atoms with Crippen LogP contribution < -0.4 is 10.6 Å². The summed E-state index contributed by atoms with van der Waals surface area (Å²) in [5, 5.41) is 5.93. The smallest absolute Gasteiger partial charge is 0.0278 e. The van der Waals surface area contributed by atoms with Crippen LogP contribution in [0.15, 0.2) is 24.3 Å². The minimum Gasteiger partial charge on any atom is -0.365 e. The minimum atomic E-state index is 1.14. The van der Waals surface area contributed by atoms with Crippen LogP contribution in [0.25, 0.3) is 0 Å². The lowest BCUT2D eigenvalue weighted by Gasteiger charge is -2.04. The van der Waals surface area contributed by atoms with Crippen molar-refractivity contribution in [2.24, 2.45) is 0 Å². The van der Waals surface area contributed by atoms with E-state index in [0.29, 0.717) is 0 Å². The molecule has 2 nitrogen and oxygen atoms in total. The Kier molecular flexibility index (Phi) is 4.69. The third-order valence-electron chi connectivity index (χ3n) is 0.790. The van der Waals surface area contributed by atoms with Gasteiger partial charge in [-0.15, -0.1) is 0 Å². The Bertz CT molecular complexity index is 114. The molecule has 0 saturated carbocycles. The zero-order chi connectivity index (χ0) is 7.11. The third-order valence-corrected chi connectivity index (χ3v) is 0.790. The molecule has 1 aliphatic rings. The highest BCUT2D eigenvalue weighted by Gasteiger charge is 1.83. The van der Waals surface area contributed by atoms with E-state index >= 15 is 0 Å². The molecule has 0 saturated heterocycles. The van der Waals surface area contributed by atoms with Crippen LogP contribution in [0.5, 0.6) is 0 Å². The molecule has 2 heteroatoms. The van der Waals surface area contributed by atoms with Crippen molar-refractivity contribution in [2.45, 2.75) is 20.8 Å². The van der Waals surface area contributed by atoms with Gasteiger partial charge in [0.15, 0.2) is 0 Å². The van der Waals surface area contributed by atoms with E-state index in [-0.39, 0.29) is 0 Å². The van der Waals surface area contributed by atoms with Gasteiger partial charge in [0.2, 0.25) is 0 Å². The summed E-state index contributed by atoms with van der Waals surface area (Å²) in [6.45, 7) is 6.00. The lowest BCUT2D eigenvalue weighted by Crippen LogP contribution is -2.11. The second kappa shape index (κ2) is 5.22. The molecule has 9 heavy (non-hydrogen) atoms. The van der Waals surface area contributed by atoms with E-state index in [9.17, 15) is 0 Å². The molecule has 1 aliphatic heterocycles. The topological polar surface area (TPSA) is 24.1 Å². The molecule has 0 atom stereocenters. The average Bonchev–Trinajstić information content (AvgIpc) is 1.94. The largest absolute Gasteiger partial charge is 0.365 e. The first kappa shape index (κ1) is 8.08. The lowest BCUT2D eigenvalue weighted by molar-refractivity contribution is 0.955. The lowest BCUT2D eigenvalue weighted by atomic mass is 10.5. The monoisotopic (exact) mass is 126 g/mol. The average molecular weight is 126 g/mol. The molecule has 2 N–H and O–H groups in total. The summed E-state index contributed by atoms with van der Waals surface area (Å²) in [7, 11) is 0. The van der Waals surface area contributed by atoms with Crippen molar-refractivity contribution in [3.05, 3.63) is 24.3 Å². The van der Waals surface area contributed by atoms with E-state index in [1.54, 1.807) is 0 Å². The van der Waals surface area contributed by atoms with Crippen LogP contribution in [0.4, 0.5) is 0 Å². The molecule has 1 rings (SSSR count). The van der Waals surface area contributed by atoms with Crippen molar-refractivity contribution in [3.63, 3.8) is 0 Å². The summed E-state index contributed by atoms with van der Waals surface area (Å²) in [6, 6.07) is 0. The highest BCUT2D eigenvalue weighted by molar-refractivity contribution is 5.05. The maximum Gasteiger partial charge on any atom is 0.0278 e. The number of hydrogen-bond donors (Lipinski definition) is 2. The molecule has 0 fully saturated rings. The quantitative estimate of drug-likeness (QED) is 0.514. The molecule has 0 aromatic rings. The fraction of sp³-hybridized carbons (Fsp3) is 0.429. The van der Waals surface area contributed by atoms with Gasteiger partial charge >= 0.3 is 0 Å². The van der Waals surface area contributed by atoms with E-state index in [1.165, 1.54) is 0 Å². The Morgan fingerprint density at radius 1 is 1.22 bits per heavy atom. The van der Waals surface area contributed by atoms with Crippen LogP contribution in [0, 0.1) is 0 Å². The molecular weight excluding hydrogens is 112 g/mol. The molecule has 52 valence electrons. The number of allylic oxidation sites excluding steroid dienone is 1. The summed E-state index contributed by atoms with van der Waals surface area (Å²) in [5.41, 5.74) is 1.14. The highest BCUT2D eigenvalue weighted by atomic mass is 14.9. The van der Waals surface area contributed by atoms with E-state index < -0.39 is 0 Å². The predicted octanol–water partition coefficient (Wildman–Crippen LogP) is 1.54. The number of rotatable bonds is 0. The van der Waals surface area contributed by atoms with Gasteiger partial charge in [0, 0.05) is 24.3 Å². The van der Waals surface area contributed by atoms with Gasteiger partial charge in [-0.3, -0.25) is 0 Å². The van der Waals surface area contributed by atoms with Crippen molar-refractivity contribution in [2.75, 3.05) is 0 Å². The second-order valence-electron chi connectivity index (χ2n) is 1.47. The van der Waals surface area contributed by atoms with Crippen LogP contribution in [0.2, 0.25) is 0 Å². The zero-order valence-corrected chi connectivity index (χ0v) is 6.23. The van der Waals surface area contributed by atoms with Gasteiger partial charge in [-0.25, -0.2) is 0 Å². The van der Waals surface area contributed by atoms with Gasteiger partial charge in [0.1, 0.15) is 0 Å². The van der Waals surface area contributed by atoms with Crippen LogP contribution in [-0.2, 0) is 0 Å². The van der Waals surface area contributed by atoms with Gasteiger partial charge in [-0.05, 0) is 6.92 Å². The van der Waals surface area contributed by atoms with E-state index in [1.807, 2.05) is 39.4 Å². The maximum atomic E-state index is 3.00. The van der Waals surface area contributed by atoms with E-state index in [2.05, 4.69) is 10.6 Å². The normalized spacial score (nSPS) is 13.9.